The van der Waals surface area contributed by atoms with Gasteiger partial charge in [0, 0.05) is 0 Å². The molecule has 1 atom stereocenters. The van der Waals surface area contributed by atoms with Gasteiger partial charge in [0.2, 0.25) is 0 Å². The van der Waals surface area contributed by atoms with Crippen molar-refractivity contribution in [3.8, 4) is 6.07 Å². The van der Waals surface area contributed by atoms with Crippen molar-refractivity contribution < 1.29 is 0 Å². The molecule has 0 radical (unpaired) electrons. The van der Waals surface area contributed by atoms with E-state index in [2.05, 4.69) is 43.4 Å². The fourth-order valence-corrected chi connectivity index (χ4v) is 2.73. The fourth-order valence-electron chi connectivity index (χ4n) is 2.73. The second kappa shape index (κ2) is 4.50. The summed E-state index contributed by atoms with van der Waals surface area (Å²) in [5, 5.41) is 12.8. The third kappa shape index (κ3) is 1.96. The van der Waals surface area contributed by atoms with Crippen LogP contribution in [0.1, 0.15) is 42.0 Å². The summed E-state index contributed by atoms with van der Waals surface area (Å²) in [5.41, 5.74) is 3.67. The lowest BCUT2D eigenvalue weighted by Gasteiger charge is -2.42. The summed E-state index contributed by atoms with van der Waals surface area (Å²) >= 11 is 0. The van der Waals surface area contributed by atoms with Gasteiger partial charge in [0.25, 0.3) is 0 Å². The highest BCUT2D eigenvalue weighted by molar-refractivity contribution is 5.34. The Kier molecular flexibility index (Phi) is 3.22. The van der Waals surface area contributed by atoms with Crippen LogP contribution in [0.2, 0.25) is 0 Å². The Morgan fingerprint density at radius 2 is 2.00 bits per heavy atom. The molecule has 2 nitrogen and oxygen atoms in total. The van der Waals surface area contributed by atoms with Gasteiger partial charge in [0.15, 0.2) is 0 Å². The Morgan fingerprint density at radius 1 is 1.29 bits per heavy atom. The van der Waals surface area contributed by atoms with Crippen LogP contribution in [0, 0.1) is 30.6 Å². The van der Waals surface area contributed by atoms with E-state index in [-0.39, 0.29) is 11.5 Å². The molecule has 1 aromatic carbocycles. The maximum Gasteiger partial charge on any atom is 0.0768 e. The zero-order chi connectivity index (χ0) is 12.5. The first-order valence-corrected chi connectivity index (χ1v) is 6.28. The van der Waals surface area contributed by atoms with E-state index in [9.17, 15) is 5.26 Å². The molecule has 0 bridgehead atoms. The Balaban J connectivity index is 2.36. The molecule has 1 aliphatic carbocycles. The fraction of sp³-hybridized carbons (Fsp3) is 0.533. The molecule has 1 fully saturated rings. The predicted octanol–water partition coefficient (Wildman–Crippen LogP) is 3.26. The molecule has 2 heteroatoms. The van der Waals surface area contributed by atoms with E-state index >= 15 is 0 Å². The first kappa shape index (κ1) is 12.1. The summed E-state index contributed by atoms with van der Waals surface area (Å²) in [6.45, 7) is 4.25. The Morgan fingerprint density at radius 3 is 2.41 bits per heavy atom. The lowest BCUT2D eigenvalue weighted by Crippen LogP contribution is -2.40. The topological polar surface area (TPSA) is 35.8 Å². The molecule has 0 spiro atoms. The van der Waals surface area contributed by atoms with Gasteiger partial charge in [-0.05, 0) is 50.4 Å². The van der Waals surface area contributed by atoms with Crippen LogP contribution in [0.25, 0.3) is 0 Å². The minimum atomic E-state index is -0.184. The minimum Gasteiger partial charge on any atom is -0.312 e. The number of nitrogens with zero attached hydrogens (tertiary/aromatic N) is 1. The SMILES string of the molecule is CNC(c1ccc(C)c(C)c1)C1(C#N)CCC1. The van der Waals surface area contributed by atoms with Gasteiger partial charge in [-0.3, -0.25) is 0 Å². The maximum absolute atomic E-state index is 9.43. The van der Waals surface area contributed by atoms with Crippen LogP contribution in [-0.2, 0) is 0 Å². The van der Waals surface area contributed by atoms with Crippen LogP contribution in [0.4, 0.5) is 0 Å². The lowest BCUT2D eigenvalue weighted by atomic mass is 9.63. The summed E-state index contributed by atoms with van der Waals surface area (Å²) < 4.78 is 0. The van der Waals surface area contributed by atoms with Crippen LogP contribution in [0.5, 0.6) is 0 Å². The number of hydrogen-bond acceptors (Lipinski definition) is 2. The summed E-state index contributed by atoms with van der Waals surface area (Å²) in [6.07, 6.45) is 3.21. The molecule has 0 heterocycles. The highest BCUT2D eigenvalue weighted by atomic mass is 14.9. The molecular formula is C15H20N2. The van der Waals surface area contributed by atoms with Gasteiger partial charge in [0.05, 0.1) is 17.5 Å². The van der Waals surface area contributed by atoms with Crippen LogP contribution < -0.4 is 5.32 Å². The van der Waals surface area contributed by atoms with Gasteiger partial charge in [-0.2, -0.15) is 5.26 Å². The summed E-state index contributed by atoms with van der Waals surface area (Å²) in [7, 11) is 1.96. The smallest absolute Gasteiger partial charge is 0.0768 e. The van der Waals surface area contributed by atoms with Crippen molar-refractivity contribution in [1.82, 2.24) is 5.32 Å². The van der Waals surface area contributed by atoms with Crippen LogP contribution >= 0.6 is 0 Å². The highest BCUT2D eigenvalue weighted by Crippen LogP contribution is 2.49. The van der Waals surface area contributed by atoms with Crippen molar-refractivity contribution in [2.45, 2.75) is 39.2 Å². The van der Waals surface area contributed by atoms with Crippen molar-refractivity contribution in [2.75, 3.05) is 7.05 Å². The van der Waals surface area contributed by atoms with E-state index < -0.39 is 0 Å². The quantitative estimate of drug-likeness (QED) is 0.862. The predicted molar refractivity (Wildman–Crippen MR) is 69.6 cm³/mol. The molecule has 0 amide bonds. The van der Waals surface area contributed by atoms with Crippen molar-refractivity contribution >= 4 is 0 Å². The van der Waals surface area contributed by atoms with Crippen molar-refractivity contribution in [3.63, 3.8) is 0 Å². The van der Waals surface area contributed by atoms with E-state index in [0.717, 1.165) is 12.8 Å². The highest BCUT2D eigenvalue weighted by Gasteiger charge is 2.44. The molecular weight excluding hydrogens is 208 g/mol. The lowest BCUT2D eigenvalue weighted by molar-refractivity contribution is 0.149. The third-order valence-electron chi connectivity index (χ3n) is 4.17. The van der Waals surface area contributed by atoms with Gasteiger partial charge >= 0.3 is 0 Å². The van der Waals surface area contributed by atoms with E-state index in [4.69, 9.17) is 0 Å². The first-order chi connectivity index (χ1) is 8.13. The third-order valence-corrected chi connectivity index (χ3v) is 4.17. The molecule has 90 valence electrons. The molecule has 0 saturated heterocycles. The summed E-state index contributed by atoms with van der Waals surface area (Å²) in [5.74, 6) is 0. The Bertz CT molecular complexity index is 452. The molecule has 1 aromatic rings. The molecule has 1 aliphatic rings. The molecule has 0 aliphatic heterocycles. The van der Waals surface area contributed by atoms with Crippen molar-refractivity contribution in [3.05, 3.63) is 34.9 Å². The Labute approximate surface area is 104 Å². The van der Waals surface area contributed by atoms with E-state index in [1.807, 2.05) is 7.05 Å². The normalized spacial score (nSPS) is 19.2. The van der Waals surface area contributed by atoms with E-state index in [1.165, 1.54) is 23.1 Å². The second-order valence-electron chi connectivity index (χ2n) is 5.19. The standard InChI is InChI=1S/C15H20N2/c1-11-5-6-13(9-12(11)2)14(17-3)15(10-16)7-4-8-15/h5-6,9,14,17H,4,7-8H2,1-3H3. The van der Waals surface area contributed by atoms with Crippen LogP contribution in [0.15, 0.2) is 18.2 Å². The monoisotopic (exact) mass is 228 g/mol. The number of hydrogen-bond donors (Lipinski definition) is 1. The number of nitriles is 1. The number of benzene rings is 1. The minimum absolute atomic E-state index is 0.167. The largest absolute Gasteiger partial charge is 0.312 e. The van der Waals surface area contributed by atoms with Gasteiger partial charge in [-0.1, -0.05) is 24.6 Å². The van der Waals surface area contributed by atoms with Crippen LogP contribution in [-0.4, -0.2) is 7.05 Å². The zero-order valence-corrected chi connectivity index (χ0v) is 10.9. The van der Waals surface area contributed by atoms with Crippen molar-refractivity contribution in [1.29, 1.82) is 5.26 Å². The van der Waals surface area contributed by atoms with Gasteiger partial charge < -0.3 is 5.32 Å². The van der Waals surface area contributed by atoms with Crippen LogP contribution in [0.3, 0.4) is 0 Å². The number of nitrogens with one attached hydrogen (secondary N) is 1. The Hall–Kier alpha value is -1.33. The molecule has 2 rings (SSSR count). The average molecular weight is 228 g/mol. The molecule has 17 heavy (non-hydrogen) atoms. The van der Waals surface area contributed by atoms with E-state index in [0.29, 0.717) is 0 Å². The molecule has 1 unspecified atom stereocenters. The maximum atomic E-state index is 9.43. The summed E-state index contributed by atoms with van der Waals surface area (Å²) in [4.78, 5) is 0. The second-order valence-corrected chi connectivity index (χ2v) is 5.19. The molecule has 0 aromatic heterocycles. The van der Waals surface area contributed by atoms with Gasteiger partial charge in [-0.15, -0.1) is 0 Å². The van der Waals surface area contributed by atoms with Gasteiger partial charge in [0.1, 0.15) is 0 Å². The number of aryl methyl sites for hydroxylation is 2. The van der Waals surface area contributed by atoms with Crippen molar-refractivity contribution in [2.24, 2.45) is 5.41 Å². The average Bonchev–Trinajstić information content (AvgIpc) is 2.27. The number of rotatable bonds is 3. The first-order valence-electron chi connectivity index (χ1n) is 6.28. The molecule has 1 N–H and O–H groups in total. The van der Waals surface area contributed by atoms with E-state index in [1.54, 1.807) is 0 Å². The summed E-state index contributed by atoms with van der Waals surface area (Å²) in [6, 6.07) is 9.22. The molecule has 1 saturated carbocycles. The zero-order valence-electron chi connectivity index (χ0n) is 10.9. The van der Waals surface area contributed by atoms with Gasteiger partial charge in [-0.25, -0.2) is 0 Å².